The molecule has 8 heteroatoms. The molecule has 8 nitrogen and oxygen atoms in total. The summed E-state index contributed by atoms with van der Waals surface area (Å²) in [5.41, 5.74) is 9.96. The molecular formula is C28H28N2O6. The van der Waals surface area contributed by atoms with Gasteiger partial charge in [0, 0.05) is 12.3 Å². The van der Waals surface area contributed by atoms with E-state index < -0.39 is 18.2 Å². The maximum Gasteiger partial charge on any atom is 0.337 e. The molecule has 0 radical (unpaired) electrons. The fourth-order valence-electron chi connectivity index (χ4n) is 3.86. The number of carbonyl (C=O) groups is 2. The number of hydrogen-bond donors (Lipinski definition) is 3. The lowest BCUT2D eigenvalue weighted by atomic mass is 9.92. The number of amides is 1. The topological polar surface area (TPSA) is 120 Å². The van der Waals surface area contributed by atoms with Gasteiger partial charge < -0.3 is 30.4 Å². The van der Waals surface area contributed by atoms with Gasteiger partial charge in [-0.15, -0.1) is 0 Å². The zero-order valence-electron chi connectivity index (χ0n) is 19.8. The van der Waals surface area contributed by atoms with Crippen molar-refractivity contribution in [2.24, 2.45) is 0 Å². The zero-order chi connectivity index (χ0) is 25.5. The minimum atomic E-state index is -0.688. The molecule has 3 aromatic rings. The number of esters is 1. The van der Waals surface area contributed by atoms with E-state index in [1.165, 1.54) is 7.11 Å². The smallest absolute Gasteiger partial charge is 0.337 e. The van der Waals surface area contributed by atoms with Crippen molar-refractivity contribution in [3.63, 3.8) is 0 Å². The Labute approximate surface area is 209 Å². The molecule has 0 aromatic heterocycles. The summed E-state index contributed by atoms with van der Waals surface area (Å²) in [5.74, 6) is -0.934. The number of methoxy groups -OCH3 is 1. The van der Waals surface area contributed by atoms with Crippen molar-refractivity contribution in [3.8, 4) is 0 Å². The van der Waals surface area contributed by atoms with Gasteiger partial charge in [0.25, 0.3) is 5.91 Å². The van der Waals surface area contributed by atoms with Gasteiger partial charge in [0.2, 0.25) is 6.29 Å². The second-order valence-electron chi connectivity index (χ2n) is 8.36. The monoisotopic (exact) mass is 488 g/mol. The molecule has 36 heavy (non-hydrogen) atoms. The number of rotatable bonds is 8. The summed E-state index contributed by atoms with van der Waals surface area (Å²) in [6.07, 6.45) is 1.53. The predicted octanol–water partition coefficient (Wildman–Crippen LogP) is 4.12. The second-order valence-corrected chi connectivity index (χ2v) is 8.36. The number of ether oxygens (including phenoxy) is 3. The first-order valence-corrected chi connectivity index (χ1v) is 11.5. The van der Waals surface area contributed by atoms with Gasteiger partial charge in [-0.3, -0.25) is 4.79 Å². The molecule has 4 rings (SSSR count). The van der Waals surface area contributed by atoms with E-state index in [4.69, 9.17) is 19.9 Å². The van der Waals surface area contributed by atoms with Crippen LogP contribution in [0.3, 0.4) is 0 Å². The normalized spacial score (nSPS) is 17.0. The summed E-state index contributed by atoms with van der Waals surface area (Å²) in [7, 11) is 1.33. The highest BCUT2D eigenvalue weighted by atomic mass is 16.7. The fraction of sp³-hybridized carbons (Fsp3) is 0.214. The van der Waals surface area contributed by atoms with E-state index in [2.05, 4.69) is 5.32 Å². The van der Waals surface area contributed by atoms with Crippen LogP contribution in [0, 0.1) is 0 Å². The largest absolute Gasteiger partial charge is 0.465 e. The Kier molecular flexibility index (Phi) is 7.99. The molecule has 0 saturated carbocycles. The third-order valence-corrected chi connectivity index (χ3v) is 5.89. The highest BCUT2D eigenvalue weighted by Crippen LogP contribution is 2.33. The number of nitrogens with one attached hydrogen (secondary N) is 1. The van der Waals surface area contributed by atoms with Crippen LogP contribution in [0.15, 0.2) is 84.6 Å². The Morgan fingerprint density at radius 1 is 1.03 bits per heavy atom. The van der Waals surface area contributed by atoms with Crippen LogP contribution in [0.25, 0.3) is 0 Å². The van der Waals surface area contributed by atoms with E-state index in [0.717, 1.165) is 16.7 Å². The molecule has 3 aromatic carbocycles. The Balaban J connectivity index is 1.54. The number of para-hydroxylation sites is 2. The number of nitrogens with two attached hydrogens (primary N) is 1. The summed E-state index contributed by atoms with van der Waals surface area (Å²) >= 11 is 0. The quantitative estimate of drug-likeness (QED) is 0.322. The molecule has 0 unspecified atom stereocenters. The van der Waals surface area contributed by atoms with Crippen LogP contribution in [-0.4, -0.2) is 30.4 Å². The van der Waals surface area contributed by atoms with Crippen LogP contribution < -0.4 is 11.1 Å². The highest BCUT2D eigenvalue weighted by molar-refractivity contribution is 6.04. The molecule has 0 bridgehead atoms. The van der Waals surface area contributed by atoms with Crippen LogP contribution in [0.1, 0.15) is 39.4 Å². The summed E-state index contributed by atoms with van der Waals surface area (Å²) in [6, 6.07) is 21.4. The lowest BCUT2D eigenvalue weighted by molar-refractivity contribution is -0.147. The standard InChI is InChI=1S/C28H28N2O6/c1-34-28(33)21-12-10-20(11-13-21)22-14-25(27(32)30-24-5-3-2-4-23(24)29)36-26(15-22)35-17-19-8-6-18(16-31)7-9-19/h2-14,22,26,31H,15-17,29H2,1H3,(H,30,32)/t22-,26+/m0/s1. The first kappa shape index (κ1) is 25.0. The first-order chi connectivity index (χ1) is 17.5. The van der Waals surface area contributed by atoms with Crippen LogP contribution in [0.2, 0.25) is 0 Å². The van der Waals surface area contributed by atoms with Gasteiger partial charge in [-0.25, -0.2) is 4.79 Å². The number of aliphatic hydroxyl groups excluding tert-OH is 1. The maximum atomic E-state index is 13.1. The number of hydrogen-bond acceptors (Lipinski definition) is 7. The number of nitrogen functional groups attached to an aromatic ring is 1. The Morgan fingerprint density at radius 2 is 1.72 bits per heavy atom. The fourth-order valence-corrected chi connectivity index (χ4v) is 3.86. The minimum Gasteiger partial charge on any atom is -0.465 e. The molecular weight excluding hydrogens is 460 g/mol. The van der Waals surface area contributed by atoms with Gasteiger partial charge in [0.15, 0.2) is 5.76 Å². The van der Waals surface area contributed by atoms with Crippen LogP contribution in [-0.2, 0) is 32.2 Å². The summed E-state index contributed by atoms with van der Waals surface area (Å²) in [6.45, 7) is 0.240. The van der Waals surface area contributed by atoms with E-state index in [1.54, 1.807) is 42.5 Å². The SMILES string of the molecule is COC(=O)c1ccc([C@H]2C=C(C(=O)Nc3ccccc3N)O[C@@H](OCc3ccc(CO)cc3)C2)cc1. The number of anilines is 2. The molecule has 0 aliphatic carbocycles. The molecule has 1 aliphatic rings. The summed E-state index contributed by atoms with van der Waals surface area (Å²) in [5, 5.41) is 12.0. The number of carbonyl (C=O) groups excluding carboxylic acids is 2. The van der Waals surface area contributed by atoms with Crippen molar-refractivity contribution >= 4 is 23.3 Å². The molecule has 1 amide bonds. The van der Waals surface area contributed by atoms with Crippen molar-refractivity contribution in [1.29, 1.82) is 0 Å². The van der Waals surface area contributed by atoms with E-state index in [9.17, 15) is 14.7 Å². The van der Waals surface area contributed by atoms with E-state index in [0.29, 0.717) is 23.4 Å². The van der Waals surface area contributed by atoms with E-state index in [1.807, 2.05) is 36.4 Å². The van der Waals surface area contributed by atoms with Crippen molar-refractivity contribution in [2.75, 3.05) is 18.2 Å². The summed E-state index contributed by atoms with van der Waals surface area (Å²) < 4.78 is 16.7. The van der Waals surface area contributed by atoms with Gasteiger partial charge in [-0.05, 0) is 47.0 Å². The molecule has 0 saturated heterocycles. The third-order valence-electron chi connectivity index (χ3n) is 5.89. The average molecular weight is 489 g/mol. The van der Waals surface area contributed by atoms with Crippen molar-refractivity contribution in [3.05, 3.63) is 107 Å². The van der Waals surface area contributed by atoms with Gasteiger partial charge in [-0.2, -0.15) is 0 Å². The molecule has 186 valence electrons. The Bertz CT molecular complexity index is 1240. The number of allylic oxidation sites excluding steroid dienone is 1. The van der Waals surface area contributed by atoms with Crippen LogP contribution in [0.5, 0.6) is 0 Å². The molecule has 1 heterocycles. The Morgan fingerprint density at radius 3 is 2.39 bits per heavy atom. The van der Waals surface area contributed by atoms with Gasteiger partial charge in [0.1, 0.15) is 0 Å². The molecule has 0 fully saturated rings. The van der Waals surface area contributed by atoms with Gasteiger partial charge >= 0.3 is 5.97 Å². The molecule has 1 aliphatic heterocycles. The lowest BCUT2D eigenvalue weighted by Crippen LogP contribution is -2.29. The number of aliphatic hydroxyl groups is 1. The van der Waals surface area contributed by atoms with E-state index >= 15 is 0 Å². The van der Waals surface area contributed by atoms with Gasteiger partial charge in [0.05, 0.1) is 37.3 Å². The van der Waals surface area contributed by atoms with E-state index in [-0.39, 0.29) is 24.9 Å². The zero-order valence-corrected chi connectivity index (χ0v) is 19.8. The third kappa shape index (κ3) is 6.10. The van der Waals surface area contributed by atoms with Crippen molar-refractivity contribution < 1.29 is 28.9 Å². The van der Waals surface area contributed by atoms with Crippen molar-refractivity contribution in [1.82, 2.24) is 0 Å². The lowest BCUT2D eigenvalue weighted by Gasteiger charge is -2.29. The van der Waals surface area contributed by atoms with Gasteiger partial charge in [-0.1, -0.05) is 48.5 Å². The maximum absolute atomic E-state index is 13.1. The van der Waals surface area contributed by atoms with Crippen LogP contribution in [0.4, 0.5) is 11.4 Å². The molecule has 0 spiro atoms. The van der Waals surface area contributed by atoms with Crippen molar-refractivity contribution in [2.45, 2.75) is 31.8 Å². The predicted molar refractivity (Wildman–Crippen MR) is 135 cm³/mol. The molecule has 2 atom stereocenters. The Hall–Kier alpha value is -4.14. The second kappa shape index (κ2) is 11.5. The number of benzene rings is 3. The molecule has 4 N–H and O–H groups in total. The van der Waals surface area contributed by atoms with Crippen LogP contribution >= 0.6 is 0 Å². The summed E-state index contributed by atoms with van der Waals surface area (Å²) in [4.78, 5) is 24.9. The average Bonchev–Trinajstić information content (AvgIpc) is 2.93. The first-order valence-electron chi connectivity index (χ1n) is 11.5. The minimum absolute atomic E-state index is 0.0292. The highest BCUT2D eigenvalue weighted by Gasteiger charge is 2.29.